The summed E-state index contributed by atoms with van der Waals surface area (Å²) in [5, 5.41) is 3.05. The third-order valence-electron chi connectivity index (χ3n) is 6.05. The molecule has 4 nitrogen and oxygen atoms in total. The fourth-order valence-electron chi connectivity index (χ4n) is 4.62. The summed E-state index contributed by atoms with van der Waals surface area (Å²) < 4.78 is 87.2. The van der Waals surface area contributed by atoms with Crippen molar-refractivity contribution >= 4 is 22.6 Å². The van der Waals surface area contributed by atoms with Crippen molar-refractivity contribution in [1.82, 2.24) is 4.57 Å². The number of rotatable bonds is 2. The first kappa shape index (κ1) is 25.1. The lowest BCUT2D eigenvalue weighted by atomic mass is 9.90. The zero-order chi connectivity index (χ0) is 25.9. The van der Waals surface area contributed by atoms with E-state index >= 15 is 0 Å². The quantitative estimate of drug-likeness (QED) is 0.366. The monoisotopic (exact) mass is 498 g/mol. The molecule has 0 radical (unpaired) electrons. The Kier molecular flexibility index (Phi) is 5.94. The Balaban J connectivity index is 1.87. The molecule has 2 heterocycles. The summed E-state index contributed by atoms with van der Waals surface area (Å²) in [6.07, 6.45) is -9.53. The van der Waals surface area contributed by atoms with Gasteiger partial charge in [0.1, 0.15) is 0 Å². The van der Waals surface area contributed by atoms with Crippen molar-refractivity contribution in [3.05, 3.63) is 64.3 Å². The van der Waals surface area contributed by atoms with Gasteiger partial charge in [0.2, 0.25) is 0 Å². The summed E-state index contributed by atoms with van der Waals surface area (Å²) >= 11 is 0. The van der Waals surface area contributed by atoms with Crippen molar-refractivity contribution in [2.75, 3.05) is 5.32 Å². The van der Waals surface area contributed by atoms with Crippen molar-refractivity contribution in [2.24, 2.45) is 0 Å². The minimum Gasteiger partial charge on any atom is -0.366 e. The van der Waals surface area contributed by atoms with Crippen LogP contribution < -0.4 is 5.32 Å². The second-order valence-corrected chi connectivity index (χ2v) is 9.40. The van der Waals surface area contributed by atoms with Crippen LogP contribution >= 0.6 is 0 Å². The maximum Gasteiger partial charge on any atom is 0.416 e. The maximum atomic E-state index is 13.5. The minimum atomic E-state index is -5.02. The zero-order valence-electron chi connectivity index (χ0n) is 19.5. The Morgan fingerprint density at radius 2 is 1.66 bits per heavy atom. The lowest BCUT2D eigenvalue weighted by Gasteiger charge is -2.36. The molecule has 1 unspecified atom stereocenters. The Morgan fingerprint density at radius 3 is 2.20 bits per heavy atom. The Morgan fingerprint density at radius 1 is 1.06 bits per heavy atom. The number of nitrogens with zero attached hydrogens (tertiary/aromatic N) is 1. The van der Waals surface area contributed by atoms with Gasteiger partial charge in [0, 0.05) is 17.5 Å². The molecule has 1 amide bonds. The molecule has 1 atom stereocenters. The van der Waals surface area contributed by atoms with E-state index in [0.29, 0.717) is 36.2 Å². The Bertz CT molecular complexity index is 1270. The molecule has 10 heteroatoms. The number of aromatic nitrogens is 1. The van der Waals surface area contributed by atoms with E-state index in [9.17, 15) is 31.1 Å². The summed E-state index contributed by atoms with van der Waals surface area (Å²) in [6, 6.07) is 5.66. The second kappa shape index (κ2) is 8.29. The van der Waals surface area contributed by atoms with Gasteiger partial charge in [-0.2, -0.15) is 26.3 Å². The van der Waals surface area contributed by atoms with Crippen LogP contribution in [0.4, 0.5) is 36.8 Å². The number of carbonyl (C=O) groups excluding carboxylic acids is 1. The number of amides is 1. The van der Waals surface area contributed by atoms with Crippen LogP contribution in [-0.2, 0) is 23.5 Å². The standard InChI is InChI=1S/C25H24F6N2O2/c1-5-20-21-18(12-23(3,4)35-20)17-7-6-13(2)8-19(17)33(21)22(34)32-16-10-14(24(26,27)28)9-15(11-16)25(29,30)31/h6-11,20H,5,12H2,1-4H3,(H,32,34). The van der Waals surface area contributed by atoms with Crippen molar-refractivity contribution in [2.45, 2.75) is 64.6 Å². The van der Waals surface area contributed by atoms with E-state index in [4.69, 9.17) is 4.74 Å². The fraction of sp³-hybridized carbons (Fsp3) is 0.400. The van der Waals surface area contributed by atoms with Crippen molar-refractivity contribution < 1.29 is 35.9 Å². The zero-order valence-corrected chi connectivity index (χ0v) is 19.5. The number of benzene rings is 2. The molecule has 188 valence electrons. The fourth-order valence-corrected chi connectivity index (χ4v) is 4.62. The van der Waals surface area contributed by atoms with Crippen LogP contribution in [0.15, 0.2) is 36.4 Å². The van der Waals surface area contributed by atoms with Crippen molar-refractivity contribution in [3.8, 4) is 0 Å². The van der Waals surface area contributed by atoms with Crippen molar-refractivity contribution in [3.63, 3.8) is 0 Å². The number of nitrogens with one attached hydrogen (secondary N) is 1. The maximum absolute atomic E-state index is 13.5. The van der Waals surface area contributed by atoms with Gasteiger partial charge in [-0.05, 0) is 62.6 Å². The Labute approximate surface area is 197 Å². The van der Waals surface area contributed by atoms with Crippen LogP contribution in [-0.4, -0.2) is 16.2 Å². The third kappa shape index (κ3) is 4.76. The van der Waals surface area contributed by atoms with Crippen LogP contribution in [0.5, 0.6) is 0 Å². The molecule has 4 rings (SSSR count). The first-order chi connectivity index (χ1) is 16.1. The van der Waals surface area contributed by atoms with Gasteiger partial charge in [-0.3, -0.25) is 4.57 Å². The van der Waals surface area contributed by atoms with Gasteiger partial charge >= 0.3 is 18.4 Å². The highest BCUT2D eigenvalue weighted by atomic mass is 19.4. The molecule has 0 fully saturated rings. The van der Waals surface area contributed by atoms with Crippen LogP contribution in [0.3, 0.4) is 0 Å². The molecule has 0 saturated heterocycles. The topological polar surface area (TPSA) is 43.3 Å². The third-order valence-corrected chi connectivity index (χ3v) is 6.05. The second-order valence-electron chi connectivity index (χ2n) is 9.40. The van der Waals surface area contributed by atoms with Gasteiger partial charge in [-0.25, -0.2) is 4.79 Å². The number of hydrogen-bond donors (Lipinski definition) is 1. The van der Waals surface area contributed by atoms with Gasteiger partial charge in [-0.15, -0.1) is 0 Å². The van der Waals surface area contributed by atoms with Crippen LogP contribution in [0.2, 0.25) is 0 Å². The van der Waals surface area contributed by atoms with Gasteiger partial charge < -0.3 is 10.1 Å². The first-order valence-electron chi connectivity index (χ1n) is 11.0. The summed E-state index contributed by atoms with van der Waals surface area (Å²) in [4.78, 5) is 13.5. The smallest absolute Gasteiger partial charge is 0.366 e. The molecule has 1 N–H and O–H groups in total. The predicted octanol–water partition coefficient (Wildman–Crippen LogP) is 7.87. The summed E-state index contributed by atoms with van der Waals surface area (Å²) in [7, 11) is 0. The highest BCUT2D eigenvalue weighted by Gasteiger charge is 2.39. The van der Waals surface area contributed by atoms with Gasteiger partial charge in [0.05, 0.1) is 34.0 Å². The molecular weight excluding hydrogens is 474 g/mol. The lowest BCUT2D eigenvalue weighted by molar-refractivity contribution is -0.143. The molecule has 0 aliphatic carbocycles. The lowest BCUT2D eigenvalue weighted by Crippen LogP contribution is -2.36. The highest BCUT2D eigenvalue weighted by molar-refractivity contribution is 6.01. The molecule has 35 heavy (non-hydrogen) atoms. The van der Waals surface area contributed by atoms with Crippen molar-refractivity contribution in [1.29, 1.82) is 0 Å². The molecule has 0 bridgehead atoms. The molecular formula is C25H24F6N2O2. The van der Waals surface area contributed by atoms with Crippen LogP contribution in [0, 0.1) is 6.92 Å². The van der Waals surface area contributed by atoms with Gasteiger partial charge in [0.25, 0.3) is 0 Å². The van der Waals surface area contributed by atoms with Gasteiger partial charge in [-0.1, -0.05) is 19.1 Å². The number of fused-ring (bicyclic) bond motifs is 3. The molecule has 1 aliphatic heterocycles. The van der Waals surface area contributed by atoms with E-state index in [0.717, 1.165) is 16.5 Å². The average Bonchev–Trinajstić information content (AvgIpc) is 3.03. The minimum absolute atomic E-state index is 0.0228. The Hall–Kier alpha value is -3.01. The van der Waals surface area contributed by atoms with E-state index in [2.05, 4.69) is 5.32 Å². The molecule has 3 aromatic rings. The normalized spacial score (nSPS) is 17.9. The molecule has 2 aromatic carbocycles. The van der Waals surface area contributed by atoms with E-state index in [-0.39, 0.29) is 6.07 Å². The number of alkyl halides is 6. The number of hydrogen-bond acceptors (Lipinski definition) is 2. The van der Waals surface area contributed by atoms with Crippen LogP contribution in [0.25, 0.3) is 10.9 Å². The number of aryl methyl sites for hydroxylation is 1. The number of carbonyl (C=O) groups is 1. The highest BCUT2D eigenvalue weighted by Crippen LogP contribution is 2.43. The predicted molar refractivity (Wildman–Crippen MR) is 119 cm³/mol. The van der Waals surface area contributed by atoms with E-state index in [1.54, 1.807) is 6.07 Å². The van der Waals surface area contributed by atoms with E-state index in [1.165, 1.54) is 4.57 Å². The molecule has 1 aromatic heterocycles. The summed E-state index contributed by atoms with van der Waals surface area (Å²) in [5.74, 6) is 0. The summed E-state index contributed by atoms with van der Waals surface area (Å²) in [5.41, 5.74) is -1.36. The first-order valence-corrected chi connectivity index (χ1v) is 11.0. The SMILES string of the molecule is CCC1OC(C)(C)Cc2c1n(C(=O)Nc1cc(C(F)(F)F)cc(C(F)(F)F)c1)c1cc(C)ccc21. The number of ether oxygens (including phenoxy) is 1. The average molecular weight is 498 g/mol. The molecule has 0 spiro atoms. The van der Waals surface area contributed by atoms with Gasteiger partial charge in [0.15, 0.2) is 0 Å². The van der Waals surface area contributed by atoms with Crippen LogP contribution in [0.1, 0.15) is 61.2 Å². The largest absolute Gasteiger partial charge is 0.416 e. The van der Waals surface area contributed by atoms with E-state index < -0.39 is 46.9 Å². The molecule has 1 aliphatic rings. The van der Waals surface area contributed by atoms with E-state index in [1.807, 2.05) is 39.8 Å². The summed E-state index contributed by atoms with van der Waals surface area (Å²) in [6.45, 7) is 7.56. The molecule has 0 saturated carbocycles. The number of halogens is 6. The number of anilines is 1.